The largest absolute Gasteiger partial charge is 0.491 e. The predicted molar refractivity (Wildman–Crippen MR) is 86.9 cm³/mol. The molecule has 2 aromatic rings. The average molecular weight is 282 g/mol. The Bertz CT molecular complexity index is 612. The minimum absolute atomic E-state index is 0.0102. The Morgan fingerprint density at radius 2 is 2.05 bits per heavy atom. The van der Waals surface area contributed by atoms with Crippen molar-refractivity contribution >= 4 is 5.69 Å². The van der Waals surface area contributed by atoms with Crippen LogP contribution >= 0.6 is 0 Å². The van der Waals surface area contributed by atoms with E-state index in [1.54, 1.807) is 0 Å². The molecule has 0 spiro atoms. The Hall–Kier alpha value is -2.00. The number of benzene rings is 2. The summed E-state index contributed by atoms with van der Waals surface area (Å²) in [6.07, 6.45) is 1.02. The van der Waals surface area contributed by atoms with Crippen molar-refractivity contribution < 1.29 is 4.74 Å². The molecule has 3 nitrogen and oxygen atoms in total. The van der Waals surface area contributed by atoms with Gasteiger partial charge in [-0.2, -0.15) is 0 Å². The minimum atomic E-state index is 0.0102. The van der Waals surface area contributed by atoms with Gasteiger partial charge in [0.2, 0.25) is 0 Å². The first-order valence-electron chi connectivity index (χ1n) is 7.53. The van der Waals surface area contributed by atoms with Gasteiger partial charge in [-0.05, 0) is 31.0 Å². The third-order valence-corrected chi connectivity index (χ3v) is 3.92. The number of anilines is 1. The number of hydrogen-bond donors (Lipinski definition) is 1. The second-order valence-corrected chi connectivity index (χ2v) is 5.64. The van der Waals surface area contributed by atoms with Gasteiger partial charge in [0.15, 0.2) is 0 Å². The number of nitrogens with two attached hydrogens (primary N) is 1. The molecule has 0 radical (unpaired) electrons. The van der Waals surface area contributed by atoms with Crippen LogP contribution in [0.5, 0.6) is 5.75 Å². The Morgan fingerprint density at radius 3 is 2.90 bits per heavy atom. The maximum absolute atomic E-state index is 6.42. The lowest BCUT2D eigenvalue weighted by Crippen LogP contribution is -2.32. The fraction of sp³-hybridized carbons (Fsp3) is 0.333. The van der Waals surface area contributed by atoms with Crippen molar-refractivity contribution in [3.05, 3.63) is 59.7 Å². The number of nitrogens with zero attached hydrogens (tertiary/aromatic N) is 1. The molecule has 0 fully saturated rings. The molecule has 1 atom stereocenters. The molecule has 110 valence electrons. The molecule has 0 aromatic heterocycles. The number of hydrogen-bond acceptors (Lipinski definition) is 3. The molecule has 21 heavy (non-hydrogen) atoms. The number of fused-ring (bicyclic) bond motifs is 1. The van der Waals surface area contributed by atoms with Crippen LogP contribution in [0.2, 0.25) is 0 Å². The summed E-state index contributed by atoms with van der Waals surface area (Å²) in [5, 5.41) is 0. The number of aryl methyl sites for hydroxylation is 1. The van der Waals surface area contributed by atoms with Gasteiger partial charge >= 0.3 is 0 Å². The van der Waals surface area contributed by atoms with Crippen LogP contribution in [-0.4, -0.2) is 19.7 Å². The van der Waals surface area contributed by atoms with Crippen LogP contribution < -0.4 is 15.4 Å². The first kappa shape index (κ1) is 14.0. The van der Waals surface area contributed by atoms with E-state index in [0.29, 0.717) is 0 Å². The Morgan fingerprint density at radius 1 is 1.19 bits per heavy atom. The molecule has 0 aliphatic carbocycles. The zero-order chi connectivity index (χ0) is 14.7. The first-order valence-corrected chi connectivity index (χ1v) is 7.53. The van der Waals surface area contributed by atoms with E-state index in [-0.39, 0.29) is 6.04 Å². The van der Waals surface area contributed by atoms with Crippen LogP contribution in [0, 0.1) is 6.92 Å². The lowest BCUT2D eigenvalue weighted by molar-refractivity contribution is 0.322. The van der Waals surface area contributed by atoms with Crippen LogP contribution in [0.4, 0.5) is 5.69 Å². The van der Waals surface area contributed by atoms with Crippen LogP contribution in [0.15, 0.2) is 48.5 Å². The van der Waals surface area contributed by atoms with E-state index in [1.807, 2.05) is 12.1 Å². The van der Waals surface area contributed by atoms with Gasteiger partial charge < -0.3 is 15.4 Å². The maximum Gasteiger partial charge on any atom is 0.142 e. The lowest BCUT2D eigenvalue weighted by Gasteiger charge is -2.27. The first-order chi connectivity index (χ1) is 10.2. The third-order valence-electron chi connectivity index (χ3n) is 3.92. The highest BCUT2D eigenvalue weighted by molar-refractivity contribution is 5.59. The Labute approximate surface area is 126 Å². The number of rotatable bonds is 3. The molecule has 0 saturated heterocycles. The van der Waals surface area contributed by atoms with E-state index in [4.69, 9.17) is 10.5 Å². The van der Waals surface area contributed by atoms with Gasteiger partial charge in [-0.15, -0.1) is 0 Å². The molecule has 3 heteroatoms. The topological polar surface area (TPSA) is 38.5 Å². The molecule has 2 aromatic carbocycles. The van der Waals surface area contributed by atoms with E-state index in [0.717, 1.165) is 37.6 Å². The Balaban J connectivity index is 1.81. The average Bonchev–Trinajstić information content (AvgIpc) is 2.70. The lowest BCUT2D eigenvalue weighted by atomic mass is 10.0. The van der Waals surface area contributed by atoms with Gasteiger partial charge in [0, 0.05) is 19.1 Å². The van der Waals surface area contributed by atoms with E-state index in [1.165, 1.54) is 11.1 Å². The summed E-state index contributed by atoms with van der Waals surface area (Å²) in [5.41, 5.74) is 10.0. The Kier molecular flexibility index (Phi) is 4.11. The smallest absolute Gasteiger partial charge is 0.142 e. The minimum Gasteiger partial charge on any atom is -0.491 e. The summed E-state index contributed by atoms with van der Waals surface area (Å²) in [5.74, 6) is 0.964. The summed E-state index contributed by atoms with van der Waals surface area (Å²) in [6, 6.07) is 16.7. The molecular formula is C18H22N2O. The van der Waals surface area contributed by atoms with Gasteiger partial charge in [0.1, 0.15) is 5.75 Å². The van der Waals surface area contributed by atoms with Crippen molar-refractivity contribution in [3.63, 3.8) is 0 Å². The molecule has 0 amide bonds. The van der Waals surface area contributed by atoms with Crippen molar-refractivity contribution in [2.75, 3.05) is 24.6 Å². The second-order valence-electron chi connectivity index (χ2n) is 5.64. The van der Waals surface area contributed by atoms with Gasteiger partial charge in [0.25, 0.3) is 0 Å². The molecule has 1 aliphatic rings. The van der Waals surface area contributed by atoms with E-state index in [2.05, 4.69) is 48.2 Å². The van der Waals surface area contributed by atoms with E-state index >= 15 is 0 Å². The van der Waals surface area contributed by atoms with Crippen molar-refractivity contribution in [1.82, 2.24) is 0 Å². The van der Waals surface area contributed by atoms with Crippen molar-refractivity contribution in [1.29, 1.82) is 0 Å². The van der Waals surface area contributed by atoms with Crippen molar-refractivity contribution in [3.8, 4) is 5.75 Å². The molecule has 3 rings (SSSR count). The standard InChI is InChI=1S/C18H22N2O/c1-14-6-4-7-15(12-14)16(19)13-20-10-5-11-21-18-9-3-2-8-17(18)20/h2-4,6-9,12,16H,5,10-11,13,19H2,1H3. The van der Waals surface area contributed by atoms with Crippen LogP contribution in [-0.2, 0) is 0 Å². The molecule has 1 unspecified atom stereocenters. The predicted octanol–water partition coefficient (Wildman–Crippen LogP) is 3.28. The van der Waals surface area contributed by atoms with E-state index < -0.39 is 0 Å². The van der Waals surface area contributed by atoms with Gasteiger partial charge in [-0.25, -0.2) is 0 Å². The summed E-state index contributed by atoms with van der Waals surface area (Å²) in [4.78, 5) is 2.34. The van der Waals surface area contributed by atoms with Gasteiger partial charge in [-0.1, -0.05) is 42.0 Å². The zero-order valence-corrected chi connectivity index (χ0v) is 12.5. The molecule has 0 saturated carbocycles. The molecule has 2 N–H and O–H groups in total. The van der Waals surface area contributed by atoms with Crippen LogP contribution in [0.3, 0.4) is 0 Å². The SMILES string of the molecule is Cc1cccc(C(N)CN2CCCOc3ccccc32)c1. The highest BCUT2D eigenvalue weighted by Gasteiger charge is 2.18. The quantitative estimate of drug-likeness (QED) is 0.939. The number of para-hydroxylation sites is 2. The molecule has 1 heterocycles. The van der Waals surface area contributed by atoms with Gasteiger partial charge in [-0.3, -0.25) is 0 Å². The molecule has 0 bridgehead atoms. The van der Waals surface area contributed by atoms with Gasteiger partial charge in [0.05, 0.1) is 12.3 Å². The highest BCUT2D eigenvalue weighted by atomic mass is 16.5. The summed E-state index contributed by atoms with van der Waals surface area (Å²) < 4.78 is 5.80. The summed E-state index contributed by atoms with van der Waals surface area (Å²) in [7, 11) is 0. The highest BCUT2D eigenvalue weighted by Crippen LogP contribution is 2.31. The number of ether oxygens (including phenoxy) is 1. The van der Waals surface area contributed by atoms with Crippen LogP contribution in [0.25, 0.3) is 0 Å². The monoisotopic (exact) mass is 282 g/mol. The molecular weight excluding hydrogens is 260 g/mol. The van der Waals surface area contributed by atoms with Crippen molar-refractivity contribution in [2.24, 2.45) is 5.73 Å². The van der Waals surface area contributed by atoms with Crippen molar-refractivity contribution in [2.45, 2.75) is 19.4 Å². The van der Waals surface area contributed by atoms with Crippen LogP contribution in [0.1, 0.15) is 23.6 Å². The zero-order valence-electron chi connectivity index (χ0n) is 12.5. The fourth-order valence-corrected chi connectivity index (χ4v) is 2.83. The maximum atomic E-state index is 6.42. The second kappa shape index (κ2) is 6.19. The third kappa shape index (κ3) is 3.19. The fourth-order valence-electron chi connectivity index (χ4n) is 2.83. The molecule has 1 aliphatic heterocycles. The summed E-state index contributed by atoms with van der Waals surface area (Å²) in [6.45, 7) is 4.67. The van der Waals surface area contributed by atoms with E-state index in [9.17, 15) is 0 Å². The normalized spacial score (nSPS) is 15.8. The summed E-state index contributed by atoms with van der Waals surface area (Å²) >= 11 is 0.